The second-order valence-corrected chi connectivity index (χ2v) is 7.28. The largest absolute Gasteiger partial charge is 0.354 e. The fourth-order valence-corrected chi connectivity index (χ4v) is 3.54. The number of anilines is 2. The van der Waals surface area contributed by atoms with Gasteiger partial charge in [0.05, 0.1) is 11.6 Å². The van der Waals surface area contributed by atoms with Crippen molar-refractivity contribution in [3.8, 4) is 11.3 Å². The molecule has 0 spiro atoms. The van der Waals surface area contributed by atoms with Crippen molar-refractivity contribution in [1.82, 2.24) is 10.2 Å². The molecule has 2 heterocycles. The normalized spacial score (nSPS) is 16.6. The standard InChI is InChI=1S/C23H24N4O/c1-17-9-11-18(12-10-17)21-13-14-22(26-25-21)27-15-5-6-19(16-27)23(28)24-20-7-3-2-4-8-20/h2-4,7-14,19H,5-6,15-16H2,1H3,(H,24,28)/t19-/m0/s1. The molecule has 1 fully saturated rings. The van der Waals surface area contributed by atoms with Gasteiger partial charge >= 0.3 is 0 Å². The minimum atomic E-state index is -0.0486. The van der Waals surface area contributed by atoms with E-state index >= 15 is 0 Å². The van der Waals surface area contributed by atoms with E-state index in [9.17, 15) is 4.79 Å². The molecule has 1 N–H and O–H groups in total. The molecule has 0 bridgehead atoms. The van der Waals surface area contributed by atoms with Crippen LogP contribution in [0.4, 0.5) is 11.5 Å². The van der Waals surface area contributed by atoms with Crippen molar-refractivity contribution in [2.24, 2.45) is 5.92 Å². The molecule has 1 amide bonds. The van der Waals surface area contributed by atoms with Gasteiger partial charge in [0, 0.05) is 24.3 Å². The zero-order valence-electron chi connectivity index (χ0n) is 16.0. The lowest BCUT2D eigenvalue weighted by atomic mass is 9.97. The number of carbonyl (C=O) groups is 1. The van der Waals surface area contributed by atoms with E-state index in [1.165, 1.54) is 5.56 Å². The summed E-state index contributed by atoms with van der Waals surface area (Å²) < 4.78 is 0. The van der Waals surface area contributed by atoms with Crippen molar-refractivity contribution >= 4 is 17.4 Å². The number of nitrogens with zero attached hydrogens (tertiary/aromatic N) is 3. The molecule has 0 unspecified atom stereocenters. The third-order valence-electron chi connectivity index (χ3n) is 5.16. The summed E-state index contributed by atoms with van der Waals surface area (Å²) in [6.45, 7) is 3.63. The molecular formula is C23H24N4O. The first-order valence-corrected chi connectivity index (χ1v) is 9.71. The lowest BCUT2D eigenvalue weighted by Gasteiger charge is -2.32. The zero-order valence-corrected chi connectivity index (χ0v) is 16.0. The summed E-state index contributed by atoms with van der Waals surface area (Å²) in [6, 6.07) is 21.9. The van der Waals surface area contributed by atoms with E-state index in [1.54, 1.807) is 0 Å². The Labute approximate surface area is 165 Å². The summed E-state index contributed by atoms with van der Waals surface area (Å²) in [6.07, 6.45) is 1.86. The van der Waals surface area contributed by atoms with Crippen LogP contribution in [0.3, 0.4) is 0 Å². The van der Waals surface area contributed by atoms with Crippen molar-refractivity contribution < 1.29 is 4.79 Å². The van der Waals surface area contributed by atoms with E-state index in [2.05, 4.69) is 51.6 Å². The predicted molar refractivity (Wildman–Crippen MR) is 112 cm³/mol. The number of para-hydroxylation sites is 1. The van der Waals surface area contributed by atoms with E-state index in [4.69, 9.17) is 0 Å². The van der Waals surface area contributed by atoms with Gasteiger partial charge in [0.1, 0.15) is 0 Å². The molecular weight excluding hydrogens is 348 g/mol. The fourth-order valence-electron chi connectivity index (χ4n) is 3.54. The van der Waals surface area contributed by atoms with Crippen molar-refractivity contribution in [3.63, 3.8) is 0 Å². The number of aryl methyl sites for hydroxylation is 1. The molecule has 28 heavy (non-hydrogen) atoms. The van der Waals surface area contributed by atoms with E-state index in [-0.39, 0.29) is 11.8 Å². The van der Waals surface area contributed by atoms with Crippen molar-refractivity contribution in [2.75, 3.05) is 23.3 Å². The third kappa shape index (κ3) is 4.19. The number of amides is 1. The first kappa shape index (κ1) is 18.2. The summed E-state index contributed by atoms with van der Waals surface area (Å²) >= 11 is 0. The minimum Gasteiger partial charge on any atom is -0.354 e. The Morgan fingerprint density at radius 2 is 1.79 bits per heavy atom. The lowest BCUT2D eigenvalue weighted by Crippen LogP contribution is -2.41. The van der Waals surface area contributed by atoms with Crippen molar-refractivity contribution in [1.29, 1.82) is 0 Å². The monoisotopic (exact) mass is 372 g/mol. The maximum absolute atomic E-state index is 12.6. The van der Waals surface area contributed by atoms with Gasteiger partial charge in [0.25, 0.3) is 0 Å². The molecule has 1 atom stereocenters. The van der Waals surface area contributed by atoms with Gasteiger partial charge in [-0.3, -0.25) is 4.79 Å². The van der Waals surface area contributed by atoms with Gasteiger partial charge in [0.2, 0.25) is 5.91 Å². The van der Waals surface area contributed by atoms with Gasteiger partial charge in [-0.2, -0.15) is 0 Å². The summed E-state index contributed by atoms with van der Waals surface area (Å²) in [4.78, 5) is 14.8. The van der Waals surface area contributed by atoms with E-state index in [0.717, 1.165) is 42.1 Å². The van der Waals surface area contributed by atoms with E-state index in [0.29, 0.717) is 6.54 Å². The first-order valence-electron chi connectivity index (χ1n) is 9.71. The maximum atomic E-state index is 12.6. The number of rotatable bonds is 4. The second-order valence-electron chi connectivity index (χ2n) is 7.28. The number of benzene rings is 2. The predicted octanol–water partition coefficient (Wildman–Crippen LogP) is 4.31. The highest BCUT2D eigenvalue weighted by Gasteiger charge is 2.26. The Balaban J connectivity index is 1.42. The molecule has 1 aromatic heterocycles. The van der Waals surface area contributed by atoms with Crippen molar-refractivity contribution in [3.05, 3.63) is 72.3 Å². The van der Waals surface area contributed by atoms with Crippen molar-refractivity contribution in [2.45, 2.75) is 19.8 Å². The fraction of sp³-hybridized carbons (Fsp3) is 0.261. The van der Waals surface area contributed by atoms with Crippen LogP contribution in [0.15, 0.2) is 66.7 Å². The van der Waals surface area contributed by atoms with Gasteiger partial charge in [0.15, 0.2) is 5.82 Å². The van der Waals surface area contributed by atoms with Crippen LogP contribution in [0.25, 0.3) is 11.3 Å². The Kier molecular flexibility index (Phi) is 5.33. The van der Waals surface area contributed by atoms with E-state index in [1.807, 2.05) is 42.5 Å². The molecule has 3 aromatic rings. The van der Waals surface area contributed by atoms with Crippen LogP contribution in [-0.4, -0.2) is 29.2 Å². The molecule has 1 aliphatic heterocycles. The number of piperidine rings is 1. The molecule has 142 valence electrons. The number of carbonyl (C=O) groups excluding carboxylic acids is 1. The average molecular weight is 372 g/mol. The Hall–Kier alpha value is -3.21. The Morgan fingerprint density at radius 3 is 2.50 bits per heavy atom. The van der Waals surface area contributed by atoms with Gasteiger partial charge < -0.3 is 10.2 Å². The van der Waals surface area contributed by atoms with Crippen LogP contribution < -0.4 is 10.2 Å². The maximum Gasteiger partial charge on any atom is 0.229 e. The lowest BCUT2D eigenvalue weighted by molar-refractivity contribution is -0.120. The molecule has 0 aliphatic carbocycles. The van der Waals surface area contributed by atoms with Gasteiger partial charge in [-0.15, -0.1) is 10.2 Å². The summed E-state index contributed by atoms with van der Waals surface area (Å²) in [7, 11) is 0. The van der Waals surface area contributed by atoms with Crippen LogP contribution in [0.2, 0.25) is 0 Å². The van der Waals surface area contributed by atoms with Crippen LogP contribution in [-0.2, 0) is 4.79 Å². The van der Waals surface area contributed by atoms with Crippen LogP contribution in [0, 0.1) is 12.8 Å². The highest BCUT2D eigenvalue weighted by atomic mass is 16.1. The van der Waals surface area contributed by atoms with Gasteiger partial charge in [-0.05, 0) is 44.0 Å². The van der Waals surface area contributed by atoms with Gasteiger partial charge in [-0.25, -0.2) is 0 Å². The molecule has 0 saturated carbocycles. The van der Waals surface area contributed by atoms with E-state index < -0.39 is 0 Å². The molecule has 5 nitrogen and oxygen atoms in total. The van der Waals surface area contributed by atoms with Gasteiger partial charge in [-0.1, -0.05) is 48.0 Å². The quantitative estimate of drug-likeness (QED) is 0.741. The highest BCUT2D eigenvalue weighted by molar-refractivity contribution is 5.93. The van der Waals surface area contributed by atoms with Crippen LogP contribution in [0.5, 0.6) is 0 Å². The molecule has 5 heteroatoms. The average Bonchev–Trinajstić information content (AvgIpc) is 2.75. The number of nitrogens with one attached hydrogen (secondary N) is 1. The number of aromatic nitrogens is 2. The Bertz CT molecular complexity index is 923. The number of hydrogen-bond donors (Lipinski definition) is 1. The summed E-state index contributed by atoms with van der Waals surface area (Å²) in [5, 5.41) is 11.8. The molecule has 4 rings (SSSR count). The summed E-state index contributed by atoms with van der Waals surface area (Å²) in [5.74, 6) is 0.848. The topological polar surface area (TPSA) is 58.1 Å². The second kappa shape index (κ2) is 8.21. The first-order chi connectivity index (χ1) is 13.7. The minimum absolute atomic E-state index is 0.0486. The molecule has 1 aliphatic rings. The SMILES string of the molecule is Cc1ccc(-c2ccc(N3CCC[C@H](C(=O)Nc4ccccc4)C3)nn2)cc1. The Morgan fingerprint density at radius 1 is 1.00 bits per heavy atom. The van der Waals surface area contributed by atoms with Crippen LogP contribution >= 0.6 is 0 Å². The smallest absolute Gasteiger partial charge is 0.229 e. The third-order valence-corrected chi connectivity index (χ3v) is 5.16. The van der Waals surface area contributed by atoms with Crippen LogP contribution in [0.1, 0.15) is 18.4 Å². The number of hydrogen-bond acceptors (Lipinski definition) is 4. The highest BCUT2D eigenvalue weighted by Crippen LogP contribution is 2.24. The summed E-state index contributed by atoms with van der Waals surface area (Å²) in [5.41, 5.74) is 3.98. The zero-order chi connectivity index (χ0) is 19.3. The molecule has 0 radical (unpaired) electrons. The molecule has 1 saturated heterocycles. The molecule has 2 aromatic carbocycles.